The Hall–Kier alpha value is -1.88. The van der Waals surface area contributed by atoms with Crippen LogP contribution in [0.25, 0.3) is 5.65 Å². The van der Waals surface area contributed by atoms with Gasteiger partial charge >= 0.3 is 5.97 Å². The first-order valence-electron chi connectivity index (χ1n) is 7.43. The molecule has 3 heterocycles. The maximum atomic E-state index is 11.8. The molecule has 112 valence electrons. The number of hydrogen-bond acceptors (Lipinski definition) is 4. The molecule has 3 rings (SSSR count). The van der Waals surface area contributed by atoms with Crippen LogP contribution in [0, 0.1) is 0 Å². The number of pyridine rings is 1. The molecule has 1 unspecified atom stereocenters. The number of nitrogens with zero attached hydrogens (tertiary/aromatic N) is 3. The quantitative estimate of drug-likeness (QED) is 0.814. The molecule has 0 N–H and O–H groups in total. The maximum Gasteiger partial charge on any atom is 0.341 e. The fourth-order valence-corrected chi connectivity index (χ4v) is 3.19. The van der Waals surface area contributed by atoms with Crippen LogP contribution in [-0.4, -0.2) is 40.0 Å². The van der Waals surface area contributed by atoms with Crippen LogP contribution in [0.5, 0.6) is 0 Å². The lowest BCUT2D eigenvalue weighted by molar-refractivity contribution is 0.0602. The smallest absolute Gasteiger partial charge is 0.341 e. The van der Waals surface area contributed by atoms with Crippen molar-refractivity contribution in [3.05, 3.63) is 35.8 Å². The molecule has 0 aromatic carbocycles. The molecule has 5 nitrogen and oxygen atoms in total. The van der Waals surface area contributed by atoms with Crippen LogP contribution in [0.4, 0.5) is 0 Å². The predicted molar refractivity (Wildman–Crippen MR) is 80.3 cm³/mol. The van der Waals surface area contributed by atoms with Crippen LogP contribution in [0.15, 0.2) is 24.5 Å². The van der Waals surface area contributed by atoms with Crippen molar-refractivity contribution in [1.82, 2.24) is 14.3 Å². The number of aromatic nitrogens is 2. The minimum absolute atomic E-state index is 0.343. The molecule has 1 aliphatic rings. The van der Waals surface area contributed by atoms with Crippen LogP contribution < -0.4 is 0 Å². The molecular weight excluding hydrogens is 266 g/mol. The second-order valence-corrected chi connectivity index (χ2v) is 5.80. The lowest BCUT2D eigenvalue weighted by Crippen LogP contribution is -2.30. The first-order chi connectivity index (χ1) is 10.1. The number of esters is 1. The summed E-state index contributed by atoms with van der Waals surface area (Å²) in [4.78, 5) is 19.0. The van der Waals surface area contributed by atoms with Crippen molar-refractivity contribution in [3.8, 4) is 0 Å². The summed E-state index contributed by atoms with van der Waals surface area (Å²) in [6, 6.07) is 4.45. The van der Waals surface area contributed by atoms with Gasteiger partial charge in [-0.25, -0.2) is 9.78 Å². The van der Waals surface area contributed by atoms with Gasteiger partial charge < -0.3 is 9.14 Å². The van der Waals surface area contributed by atoms with Crippen molar-refractivity contribution in [1.29, 1.82) is 0 Å². The van der Waals surface area contributed by atoms with Gasteiger partial charge in [0.25, 0.3) is 0 Å². The fourth-order valence-electron chi connectivity index (χ4n) is 3.19. The molecule has 1 saturated heterocycles. The fraction of sp³-hybridized carbons (Fsp3) is 0.500. The van der Waals surface area contributed by atoms with Gasteiger partial charge in [-0.15, -0.1) is 0 Å². The van der Waals surface area contributed by atoms with Gasteiger partial charge in [-0.3, -0.25) is 4.90 Å². The number of likely N-dealkylation sites (tertiary alicyclic amines) is 1. The molecule has 0 amide bonds. The first-order valence-corrected chi connectivity index (χ1v) is 7.43. The number of carbonyl (C=O) groups excluding carboxylic acids is 1. The van der Waals surface area contributed by atoms with Gasteiger partial charge in [0.05, 0.1) is 18.8 Å². The van der Waals surface area contributed by atoms with E-state index in [1.165, 1.54) is 13.5 Å². The maximum absolute atomic E-state index is 11.8. The summed E-state index contributed by atoms with van der Waals surface area (Å²) in [5, 5.41) is 0. The lowest BCUT2D eigenvalue weighted by atomic mass is 10.1. The third-order valence-corrected chi connectivity index (χ3v) is 4.21. The molecule has 21 heavy (non-hydrogen) atoms. The van der Waals surface area contributed by atoms with Gasteiger partial charge in [-0.05, 0) is 45.4 Å². The molecule has 1 aliphatic heterocycles. The van der Waals surface area contributed by atoms with Crippen molar-refractivity contribution in [2.75, 3.05) is 13.7 Å². The highest BCUT2D eigenvalue weighted by molar-refractivity contribution is 5.95. The zero-order valence-corrected chi connectivity index (χ0v) is 12.7. The second kappa shape index (κ2) is 5.48. The van der Waals surface area contributed by atoms with E-state index < -0.39 is 0 Å². The van der Waals surface area contributed by atoms with Crippen LogP contribution in [-0.2, 0) is 4.74 Å². The van der Waals surface area contributed by atoms with Gasteiger partial charge in [0.2, 0.25) is 0 Å². The van der Waals surface area contributed by atoms with Crippen LogP contribution >= 0.6 is 0 Å². The number of fused-ring (bicyclic) bond motifs is 1. The average Bonchev–Trinajstić information content (AvgIpc) is 3.11. The van der Waals surface area contributed by atoms with E-state index in [-0.39, 0.29) is 5.97 Å². The van der Waals surface area contributed by atoms with Gasteiger partial charge in [0, 0.05) is 18.4 Å². The molecular formula is C16H21N3O2. The van der Waals surface area contributed by atoms with E-state index in [1.807, 2.05) is 22.9 Å². The molecule has 0 saturated carbocycles. The standard InChI is InChI=1S/C16H21N3O2/c1-11(2)19-9-5-7-14(19)13-10-18-8-4-6-12(15(18)17-13)16(20)21-3/h4,6,8,10-11,14H,5,7,9H2,1-3H3. The summed E-state index contributed by atoms with van der Waals surface area (Å²) in [5.41, 5.74) is 2.23. The third-order valence-electron chi connectivity index (χ3n) is 4.21. The highest BCUT2D eigenvalue weighted by atomic mass is 16.5. The number of methoxy groups -OCH3 is 1. The number of carbonyl (C=O) groups is 1. The molecule has 0 bridgehead atoms. The molecule has 1 atom stereocenters. The van der Waals surface area contributed by atoms with Gasteiger partial charge in [0.15, 0.2) is 5.65 Å². The zero-order valence-electron chi connectivity index (χ0n) is 12.7. The van der Waals surface area contributed by atoms with Crippen LogP contribution in [0.2, 0.25) is 0 Å². The summed E-state index contributed by atoms with van der Waals surface area (Å²) in [6.45, 7) is 5.54. The number of rotatable bonds is 3. The van der Waals surface area contributed by atoms with Crippen LogP contribution in [0.3, 0.4) is 0 Å². The number of imidazole rings is 1. The molecule has 0 radical (unpaired) electrons. The predicted octanol–water partition coefficient (Wildman–Crippen LogP) is 2.67. The zero-order chi connectivity index (χ0) is 15.0. The first kappa shape index (κ1) is 14.1. The third kappa shape index (κ3) is 2.42. The highest BCUT2D eigenvalue weighted by Gasteiger charge is 2.30. The molecule has 1 fully saturated rings. The molecule has 0 aliphatic carbocycles. The Bertz CT molecular complexity index is 663. The Morgan fingerprint density at radius 1 is 1.48 bits per heavy atom. The summed E-state index contributed by atoms with van der Waals surface area (Å²) in [7, 11) is 1.40. The van der Waals surface area contributed by atoms with Gasteiger partial charge in [-0.2, -0.15) is 0 Å². The molecule has 2 aromatic heterocycles. The topological polar surface area (TPSA) is 46.8 Å². The monoisotopic (exact) mass is 287 g/mol. The highest BCUT2D eigenvalue weighted by Crippen LogP contribution is 2.33. The Balaban J connectivity index is 2.03. The second-order valence-electron chi connectivity index (χ2n) is 5.80. The van der Waals surface area contributed by atoms with E-state index in [0.717, 1.165) is 18.7 Å². The summed E-state index contributed by atoms with van der Waals surface area (Å²) < 4.78 is 6.75. The van der Waals surface area contributed by atoms with Crippen molar-refractivity contribution in [3.63, 3.8) is 0 Å². The largest absolute Gasteiger partial charge is 0.465 e. The SMILES string of the molecule is COC(=O)c1cccn2cc(C3CCCN3C(C)C)nc12. The van der Waals surface area contributed by atoms with Gasteiger partial charge in [0.1, 0.15) is 5.56 Å². The van der Waals surface area contributed by atoms with Crippen molar-refractivity contribution < 1.29 is 9.53 Å². The van der Waals surface area contributed by atoms with Crippen molar-refractivity contribution >= 4 is 11.6 Å². The van der Waals surface area contributed by atoms with E-state index in [9.17, 15) is 4.79 Å². The molecule has 0 spiro atoms. The summed E-state index contributed by atoms with van der Waals surface area (Å²) >= 11 is 0. The van der Waals surface area contributed by atoms with Gasteiger partial charge in [-0.1, -0.05) is 0 Å². The summed E-state index contributed by atoms with van der Waals surface area (Å²) in [5.74, 6) is -0.343. The lowest BCUT2D eigenvalue weighted by Gasteiger charge is -2.26. The van der Waals surface area contributed by atoms with Crippen molar-refractivity contribution in [2.45, 2.75) is 38.8 Å². The van der Waals surface area contributed by atoms with Crippen LogP contribution in [0.1, 0.15) is 48.8 Å². The Kier molecular flexibility index (Phi) is 3.68. The molecule has 5 heteroatoms. The average molecular weight is 287 g/mol. The van der Waals surface area contributed by atoms with E-state index in [2.05, 4.69) is 18.7 Å². The Morgan fingerprint density at radius 3 is 3.00 bits per heavy atom. The number of hydrogen-bond donors (Lipinski definition) is 0. The van der Waals surface area contributed by atoms with Crippen molar-refractivity contribution in [2.24, 2.45) is 0 Å². The number of ether oxygens (including phenoxy) is 1. The van der Waals surface area contributed by atoms with E-state index >= 15 is 0 Å². The van der Waals surface area contributed by atoms with E-state index in [4.69, 9.17) is 9.72 Å². The summed E-state index contributed by atoms with van der Waals surface area (Å²) in [6.07, 6.45) is 6.27. The minimum atomic E-state index is -0.343. The minimum Gasteiger partial charge on any atom is -0.465 e. The normalized spacial score (nSPS) is 19.5. The Labute approximate surface area is 124 Å². The van der Waals surface area contributed by atoms with E-state index in [0.29, 0.717) is 23.3 Å². The molecule has 2 aromatic rings. The Morgan fingerprint density at radius 2 is 2.29 bits per heavy atom. The van der Waals surface area contributed by atoms with E-state index in [1.54, 1.807) is 6.07 Å².